The Labute approximate surface area is 250 Å². The van der Waals surface area contributed by atoms with E-state index >= 15 is 0 Å². The van der Waals surface area contributed by atoms with E-state index in [-0.39, 0.29) is 22.6 Å². The number of amides is 1. The monoisotopic (exact) mass is 610 g/mol. The summed E-state index contributed by atoms with van der Waals surface area (Å²) in [6, 6.07) is 23.3. The third-order valence-electron chi connectivity index (χ3n) is 5.41. The lowest BCUT2D eigenvalue weighted by molar-refractivity contribution is -0.127. The summed E-state index contributed by atoms with van der Waals surface area (Å²) >= 11 is 17.8. The summed E-state index contributed by atoms with van der Waals surface area (Å²) in [5.74, 6) is -1.32. The first-order valence-corrected chi connectivity index (χ1v) is 13.2. The van der Waals surface area contributed by atoms with Crippen LogP contribution in [0.3, 0.4) is 0 Å². The van der Waals surface area contributed by atoms with Crippen molar-refractivity contribution in [2.75, 3.05) is 0 Å². The largest absolute Gasteiger partial charge is 0.481 e. The summed E-state index contributed by atoms with van der Waals surface area (Å²) < 4.78 is 16.6. The fourth-order valence-corrected chi connectivity index (χ4v) is 3.76. The van der Waals surface area contributed by atoms with Crippen LogP contribution in [0.2, 0.25) is 15.1 Å². The molecule has 0 aliphatic carbocycles. The molecule has 0 spiro atoms. The van der Waals surface area contributed by atoms with Gasteiger partial charge in [-0.25, -0.2) is 15.0 Å². The van der Waals surface area contributed by atoms with Crippen LogP contribution in [0.5, 0.6) is 17.2 Å². The molecule has 208 valence electrons. The van der Waals surface area contributed by atoms with Gasteiger partial charge < -0.3 is 14.2 Å². The smallest absolute Gasteiger partial charge is 0.343 e. The van der Waals surface area contributed by atoms with Gasteiger partial charge in [-0.2, -0.15) is 5.10 Å². The quantitative estimate of drug-likeness (QED) is 0.0946. The minimum atomic E-state index is -0.887. The zero-order chi connectivity index (χ0) is 29.4. The lowest BCUT2D eigenvalue weighted by Gasteiger charge is -2.13. The number of nitrogens with one attached hydrogen (secondary N) is 1. The van der Waals surface area contributed by atoms with E-state index in [1.165, 1.54) is 48.7 Å². The highest BCUT2D eigenvalue weighted by molar-refractivity contribution is 6.31. The van der Waals surface area contributed by atoms with Crippen molar-refractivity contribution in [2.24, 2.45) is 5.10 Å². The lowest BCUT2D eigenvalue weighted by atomic mass is 10.2. The highest BCUT2D eigenvalue weighted by atomic mass is 35.5. The summed E-state index contributed by atoms with van der Waals surface area (Å²) in [7, 11) is 0. The average molecular weight is 612 g/mol. The number of halogens is 3. The second-order valence-electron chi connectivity index (χ2n) is 8.44. The first kappa shape index (κ1) is 29.6. The number of carbonyl (C=O) groups excluding carboxylic acids is 3. The van der Waals surface area contributed by atoms with E-state index in [1.54, 1.807) is 55.5 Å². The summed E-state index contributed by atoms with van der Waals surface area (Å²) in [5.41, 5.74) is 3.20. The Morgan fingerprint density at radius 1 is 0.732 bits per heavy atom. The number of nitrogens with zero attached hydrogens (tertiary/aromatic N) is 1. The maximum absolute atomic E-state index is 12.8. The van der Waals surface area contributed by atoms with Crippen LogP contribution < -0.4 is 19.6 Å². The number of esters is 2. The number of hydrazone groups is 1. The molecule has 4 rings (SSSR count). The Morgan fingerprint density at radius 3 is 1.95 bits per heavy atom. The van der Waals surface area contributed by atoms with E-state index in [0.717, 1.165) is 0 Å². The van der Waals surface area contributed by atoms with E-state index in [1.807, 2.05) is 0 Å². The average Bonchev–Trinajstić information content (AvgIpc) is 2.94. The molecule has 41 heavy (non-hydrogen) atoms. The van der Waals surface area contributed by atoms with Crippen molar-refractivity contribution in [3.05, 3.63) is 123 Å². The van der Waals surface area contributed by atoms with Crippen LogP contribution in [-0.4, -0.2) is 30.2 Å². The molecule has 4 aromatic rings. The van der Waals surface area contributed by atoms with Gasteiger partial charge in [-0.15, -0.1) is 0 Å². The van der Waals surface area contributed by atoms with Crippen LogP contribution in [0.15, 0.2) is 96.1 Å². The Morgan fingerprint density at radius 2 is 1.34 bits per heavy atom. The standard InChI is InChI=1S/C30H21Cl3N2O6/c1-18(39-25-4-2-3-24(33)15-25)28(36)35-34-17-21-9-14-26(40-29(37)19-5-10-22(31)11-6-19)16-27(21)41-30(38)20-7-12-23(32)13-8-20/h2-18H,1H3,(H,35,36)/b34-17-/t18-/m1/s1. The van der Waals surface area contributed by atoms with Gasteiger partial charge in [0.15, 0.2) is 6.10 Å². The van der Waals surface area contributed by atoms with Crippen molar-refractivity contribution in [3.8, 4) is 17.2 Å². The number of benzene rings is 4. The number of hydrogen-bond donors (Lipinski definition) is 1. The number of hydrogen-bond acceptors (Lipinski definition) is 7. The van der Waals surface area contributed by atoms with Crippen LogP contribution in [0.25, 0.3) is 0 Å². The molecule has 8 nitrogen and oxygen atoms in total. The van der Waals surface area contributed by atoms with Crippen molar-refractivity contribution in [3.63, 3.8) is 0 Å². The molecule has 0 aromatic heterocycles. The molecule has 0 bridgehead atoms. The molecule has 0 aliphatic rings. The number of ether oxygens (including phenoxy) is 3. The predicted octanol–water partition coefficient (Wildman–Crippen LogP) is 7.00. The molecule has 0 aliphatic heterocycles. The third-order valence-corrected chi connectivity index (χ3v) is 6.15. The molecule has 0 radical (unpaired) electrons. The van der Waals surface area contributed by atoms with E-state index < -0.39 is 23.9 Å². The van der Waals surface area contributed by atoms with Gasteiger partial charge in [0.2, 0.25) is 0 Å². The Hall–Kier alpha value is -4.37. The molecule has 11 heteroatoms. The van der Waals surface area contributed by atoms with Crippen molar-refractivity contribution in [1.29, 1.82) is 0 Å². The van der Waals surface area contributed by atoms with E-state index in [9.17, 15) is 14.4 Å². The lowest BCUT2D eigenvalue weighted by Crippen LogP contribution is -2.33. The second kappa shape index (κ2) is 13.8. The van der Waals surface area contributed by atoms with Crippen LogP contribution in [0.4, 0.5) is 0 Å². The van der Waals surface area contributed by atoms with Crippen LogP contribution in [0, 0.1) is 0 Å². The maximum atomic E-state index is 12.8. The summed E-state index contributed by atoms with van der Waals surface area (Å²) in [4.78, 5) is 37.9. The van der Waals surface area contributed by atoms with Gasteiger partial charge in [0.25, 0.3) is 5.91 Å². The molecule has 1 N–H and O–H groups in total. The van der Waals surface area contributed by atoms with Gasteiger partial charge >= 0.3 is 11.9 Å². The summed E-state index contributed by atoms with van der Waals surface area (Å²) in [6.45, 7) is 1.55. The van der Waals surface area contributed by atoms with Gasteiger partial charge in [0.05, 0.1) is 17.3 Å². The maximum Gasteiger partial charge on any atom is 0.343 e. The van der Waals surface area contributed by atoms with E-state index in [4.69, 9.17) is 49.0 Å². The summed E-state index contributed by atoms with van der Waals surface area (Å²) in [6.07, 6.45) is 0.390. The van der Waals surface area contributed by atoms with Gasteiger partial charge in [0, 0.05) is 26.7 Å². The molecule has 1 atom stereocenters. The zero-order valence-electron chi connectivity index (χ0n) is 21.3. The Balaban J connectivity index is 1.51. The van der Waals surface area contributed by atoms with Gasteiger partial charge in [0.1, 0.15) is 17.2 Å². The Bertz CT molecular complexity index is 1590. The van der Waals surface area contributed by atoms with Gasteiger partial charge in [-0.1, -0.05) is 40.9 Å². The number of rotatable bonds is 9. The minimum absolute atomic E-state index is 0.0209. The van der Waals surface area contributed by atoms with Crippen molar-refractivity contribution >= 4 is 58.9 Å². The van der Waals surface area contributed by atoms with Gasteiger partial charge in [-0.05, 0) is 85.8 Å². The van der Waals surface area contributed by atoms with Crippen molar-refractivity contribution < 1.29 is 28.6 Å². The second-order valence-corrected chi connectivity index (χ2v) is 9.75. The summed E-state index contributed by atoms with van der Waals surface area (Å²) in [5, 5.41) is 5.35. The fraction of sp³-hybridized carbons (Fsp3) is 0.0667. The predicted molar refractivity (Wildman–Crippen MR) is 157 cm³/mol. The molecular weight excluding hydrogens is 591 g/mol. The van der Waals surface area contributed by atoms with Crippen molar-refractivity contribution in [1.82, 2.24) is 5.43 Å². The Kier molecular flexibility index (Phi) is 9.97. The third kappa shape index (κ3) is 8.56. The first-order valence-electron chi connectivity index (χ1n) is 12.0. The molecule has 0 saturated heterocycles. The van der Waals surface area contributed by atoms with Crippen molar-refractivity contribution in [2.45, 2.75) is 13.0 Å². The van der Waals surface area contributed by atoms with Crippen LogP contribution in [0.1, 0.15) is 33.2 Å². The highest BCUT2D eigenvalue weighted by Crippen LogP contribution is 2.26. The highest BCUT2D eigenvalue weighted by Gasteiger charge is 2.17. The molecule has 0 fully saturated rings. The normalized spacial score (nSPS) is 11.5. The minimum Gasteiger partial charge on any atom is -0.481 e. The SMILES string of the molecule is C[C@@H](Oc1cccc(Cl)c1)C(=O)N/N=C\c1ccc(OC(=O)c2ccc(Cl)cc2)cc1OC(=O)c1ccc(Cl)cc1. The molecule has 0 saturated carbocycles. The molecule has 0 unspecified atom stereocenters. The zero-order valence-corrected chi connectivity index (χ0v) is 23.6. The van der Waals surface area contributed by atoms with Gasteiger partial charge in [-0.3, -0.25) is 4.79 Å². The van der Waals surface area contributed by atoms with Crippen LogP contribution >= 0.6 is 34.8 Å². The molecule has 1 amide bonds. The van der Waals surface area contributed by atoms with Crippen LogP contribution in [-0.2, 0) is 4.79 Å². The topological polar surface area (TPSA) is 103 Å². The van der Waals surface area contributed by atoms with E-state index in [0.29, 0.717) is 26.4 Å². The fourth-order valence-electron chi connectivity index (χ4n) is 3.32. The molecule has 4 aromatic carbocycles. The first-order chi connectivity index (χ1) is 19.7. The number of carbonyl (C=O) groups is 3. The molecular formula is C30H21Cl3N2O6. The van der Waals surface area contributed by atoms with E-state index in [2.05, 4.69) is 10.5 Å². The molecule has 0 heterocycles.